The van der Waals surface area contributed by atoms with E-state index in [2.05, 4.69) is 10.3 Å². The Kier molecular flexibility index (Phi) is 5.51. The van der Waals surface area contributed by atoms with Crippen LogP contribution in [-0.4, -0.2) is 23.5 Å². The number of halogens is 3. The molecule has 0 saturated heterocycles. The topological polar surface area (TPSA) is 68.3 Å². The van der Waals surface area contributed by atoms with Gasteiger partial charge in [0.2, 0.25) is 5.91 Å². The molecule has 1 heterocycles. The highest BCUT2D eigenvalue weighted by Gasteiger charge is 2.33. The van der Waals surface area contributed by atoms with Crippen LogP contribution in [0.15, 0.2) is 18.3 Å². The van der Waals surface area contributed by atoms with Gasteiger partial charge in [0.05, 0.1) is 17.6 Å². The Morgan fingerprint density at radius 1 is 1.32 bits per heavy atom. The van der Waals surface area contributed by atoms with E-state index in [9.17, 15) is 22.8 Å². The van der Waals surface area contributed by atoms with Gasteiger partial charge in [-0.3, -0.25) is 9.59 Å². The molecule has 1 aromatic heterocycles. The van der Waals surface area contributed by atoms with Crippen molar-refractivity contribution in [3.63, 3.8) is 0 Å². The van der Waals surface area contributed by atoms with Gasteiger partial charge in [0.15, 0.2) is 0 Å². The molecule has 0 radical (unpaired) electrons. The number of nitrogens with zero attached hydrogens (tertiary/aromatic N) is 1. The molecule has 0 atom stereocenters. The fourth-order valence-electron chi connectivity index (χ4n) is 1.66. The molecule has 1 amide bonds. The Bertz CT molecular complexity index is 557. The summed E-state index contributed by atoms with van der Waals surface area (Å²) in [6.07, 6.45) is -3.80. The minimum atomic E-state index is -4.52. The van der Waals surface area contributed by atoms with Gasteiger partial charge < -0.3 is 10.1 Å². The van der Waals surface area contributed by atoms with Crippen LogP contribution in [0.1, 0.15) is 32.8 Å². The molecule has 0 aliphatic carbocycles. The van der Waals surface area contributed by atoms with Crippen molar-refractivity contribution in [2.24, 2.45) is 5.41 Å². The Balaban J connectivity index is 2.75. The monoisotopic (exact) mass is 318 g/mol. The fourth-order valence-corrected chi connectivity index (χ4v) is 1.66. The van der Waals surface area contributed by atoms with Crippen LogP contribution in [0.25, 0.3) is 0 Å². The summed E-state index contributed by atoms with van der Waals surface area (Å²) in [6, 6.07) is 1.54. The third-order valence-corrected chi connectivity index (χ3v) is 2.79. The maximum absolute atomic E-state index is 12.6. The van der Waals surface area contributed by atoms with E-state index in [1.807, 2.05) is 0 Å². The molecule has 1 N–H and O–H groups in total. The summed E-state index contributed by atoms with van der Waals surface area (Å²) in [5, 5.41) is 2.25. The molecule has 0 aliphatic rings. The number of aromatic nitrogens is 1. The number of anilines is 1. The van der Waals surface area contributed by atoms with E-state index in [1.165, 1.54) is 13.8 Å². The predicted molar refractivity (Wildman–Crippen MR) is 72.9 cm³/mol. The molecule has 0 aromatic carbocycles. The van der Waals surface area contributed by atoms with Crippen LogP contribution in [0.3, 0.4) is 0 Å². The first-order valence-corrected chi connectivity index (χ1v) is 6.56. The SMILES string of the molecule is CCOC(=O)C(C)(C)CC(=O)Nc1cc(C(F)(F)F)ccn1. The molecule has 5 nitrogen and oxygen atoms in total. The normalized spacial score (nSPS) is 11.9. The first kappa shape index (κ1) is 17.9. The van der Waals surface area contributed by atoms with Crippen molar-refractivity contribution in [1.82, 2.24) is 4.98 Å². The summed E-state index contributed by atoms with van der Waals surface area (Å²) in [7, 11) is 0. The summed E-state index contributed by atoms with van der Waals surface area (Å²) >= 11 is 0. The minimum Gasteiger partial charge on any atom is -0.466 e. The van der Waals surface area contributed by atoms with Gasteiger partial charge in [-0.05, 0) is 32.9 Å². The van der Waals surface area contributed by atoms with Gasteiger partial charge in [-0.2, -0.15) is 13.2 Å². The maximum Gasteiger partial charge on any atom is 0.416 e. The number of hydrogen-bond donors (Lipinski definition) is 1. The third kappa shape index (κ3) is 5.01. The van der Waals surface area contributed by atoms with E-state index in [0.717, 1.165) is 18.3 Å². The van der Waals surface area contributed by atoms with Crippen molar-refractivity contribution < 1.29 is 27.5 Å². The molecule has 22 heavy (non-hydrogen) atoms. The summed E-state index contributed by atoms with van der Waals surface area (Å²) < 4.78 is 42.5. The lowest BCUT2D eigenvalue weighted by Gasteiger charge is -2.21. The van der Waals surface area contributed by atoms with E-state index in [4.69, 9.17) is 4.74 Å². The van der Waals surface area contributed by atoms with Gasteiger partial charge in [0.25, 0.3) is 0 Å². The first-order valence-electron chi connectivity index (χ1n) is 6.56. The number of rotatable bonds is 5. The molecule has 0 aliphatic heterocycles. The van der Waals surface area contributed by atoms with Gasteiger partial charge in [-0.15, -0.1) is 0 Å². The van der Waals surface area contributed by atoms with Crippen LogP contribution < -0.4 is 5.32 Å². The van der Waals surface area contributed by atoms with E-state index < -0.39 is 29.0 Å². The van der Waals surface area contributed by atoms with Crippen LogP contribution in [0.2, 0.25) is 0 Å². The summed E-state index contributed by atoms with van der Waals surface area (Å²) in [5.74, 6) is -1.40. The second-order valence-corrected chi connectivity index (χ2v) is 5.26. The second-order valence-electron chi connectivity index (χ2n) is 5.26. The van der Waals surface area contributed by atoms with Crippen molar-refractivity contribution in [1.29, 1.82) is 0 Å². The van der Waals surface area contributed by atoms with Crippen LogP contribution in [0, 0.1) is 5.41 Å². The average Bonchev–Trinajstić information content (AvgIpc) is 2.37. The van der Waals surface area contributed by atoms with Gasteiger partial charge >= 0.3 is 12.1 Å². The maximum atomic E-state index is 12.6. The lowest BCUT2D eigenvalue weighted by molar-refractivity contribution is -0.155. The van der Waals surface area contributed by atoms with Crippen LogP contribution in [0.5, 0.6) is 0 Å². The van der Waals surface area contributed by atoms with Gasteiger partial charge in [0, 0.05) is 12.6 Å². The molecule has 122 valence electrons. The highest BCUT2D eigenvalue weighted by Crippen LogP contribution is 2.30. The molecule has 1 rings (SSSR count). The van der Waals surface area contributed by atoms with Gasteiger partial charge in [0.1, 0.15) is 5.82 Å². The number of alkyl halides is 3. The van der Waals surface area contributed by atoms with Gasteiger partial charge in [-0.25, -0.2) is 4.98 Å². The molecule has 0 fully saturated rings. The largest absolute Gasteiger partial charge is 0.466 e. The van der Waals surface area contributed by atoms with Crippen LogP contribution in [-0.2, 0) is 20.5 Å². The van der Waals surface area contributed by atoms with E-state index in [1.54, 1.807) is 6.92 Å². The Morgan fingerprint density at radius 3 is 2.50 bits per heavy atom. The molecule has 0 bridgehead atoms. The zero-order valence-corrected chi connectivity index (χ0v) is 12.5. The Morgan fingerprint density at radius 2 is 1.95 bits per heavy atom. The van der Waals surface area contributed by atoms with Crippen molar-refractivity contribution in [2.75, 3.05) is 11.9 Å². The molecule has 8 heteroatoms. The van der Waals surface area contributed by atoms with E-state index in [0.29, 0.717) is 0 Å². The smallest absolute Gasteiger partial charge is 0.416 e. The molecule has 0 spiro atoms. The Labute approximate surface area is 125 Å². The Hall–Kier alpha value is -2.12. The number of hydrogen-bond acceptors (Lipinski definition) is 4. The quantitative estimate of drug-likeness (QED) is 0.847. The average molecular weight is 318 g/mol. The minimum absolute atomic E-state index is 0.180. The number of pyridine rings is 1. The zero-order chi connectivity index (χ0) is 17.0. The van der Waals surface area contributed by atoms with Crippen molar-refractivity contribution >= 4 is 17.7 Å². The third-order valence-electron chi connectivity index (χ3n) is 2.79. The van der Waals surface area contributed by atoms with Crippen molar-refractivity contribution in [3.8, 4) is 0 Å². The summed E-state index contributed by atoms with van der Waals surface area (Å²) in [4.78, 5) is 27.2. The van der Waals surface area contributed by atoms with Crippen LogP contribution >= 0.6 is 0 Å². The highest BCUT2D eigenvalue weighted by atomic mass is 19.4. The van der Waals surface area contributed by atoms with Crippen molar-refractivity contribution in [3.05, 3.63) is 23.9 Å². The van der Waals surface area contributed by atoms with Crippen LogP contribution in [0.4, 0.5) is 19.0 Å². The number of carbonyl (C=O) groups is 2. The lowest BCUT2D eigenvalue weighted by Crippen LogP contribution is -2.31. The van der Waals surface area contributed by atoms with E-state index >= 15 is 0 Å². The molecule has 0 unspecified atom stereocenters. The molecule has 1 aromatic rings. The number of nitrogens with one attached hydrogen (secondary N) is 1. The molecular formula is C14H17F3N2O3. The number of amides is 1. The zero-order valence-electron chi connectivity index (χ0n) is 12.5. The molecular weight excluding hydrogens is 301 g/mol. The predicted octanol–water partition coefficient (Wildman–Crippen LogP) is 3.02. The van der Waals surface area contributed by atoms with Gasteiger partial charge in [-0.1, -0.05) is 0 Å². The number of ether oxygens (including phenoxy) is 1. The van der Waals surface area contributed by atoms with Crippen molar-refractivity contribution in [2.45, 2.75) is 33.4 Å². The standard InChI is InChI=1S/C14H17F3N2O3/c1-4-22-12(21)13(2,3)8-11(20)19-10-7-9(5-6-18-10)14(15,16)17/h5-7H,4,8H2,1-3H3,(H,18,19,20). The van der Waals surface area contributed by atoms with E-state index in [-0.39, 0.29) is 18.8 Å². The lowest BCUT2D eigenvalue weighted by atomic mass is 9.89. The molecule has 0 saturated carbocycles. The number of carbonyl (C=O) groups excluding carboxylic acids is 2. The fraction of sp³-hybridized carbons (Fsp3) is 0.500. The first-order chi connectivity index (χ1) is 10.1. The summed E-state index contributed by atoms with van der Waals surface area (Å²) in [5.41, 5.74) is -2.00. The summed E-state index contributed by atoms with van der Waals surface area (Å²) in [6.45, 7) is 4.86. The number of esters is 1. The highest BCUT2D eigenvalue weighted by molar-refractivity contribution is 5.93. The second kappa shape index (κ2) is 6.76.